The van der Waals surface area contributed by atoms with Gasteiger partial charge >= 0.3 is 5.97 Å². The zero-order chi connectivity index (χ0) is 9.73. The fourth-order valence-electron chi connectivity index (χ4n) is 1.48. The molecule has 0 aromatic rings. The molecule has 1 saturated heterocycles. The van der Waals surface area contributed by atoms with E-state index in [1.54, 1.807) is 0 Å². The van der Waals surface area contributed by atoms with Gasteiger partial charge < -0.3 is 9.47 Å². The summed E-state index contributed by atoms with van der Waals surface area (Å²) in [6.45, 7) is 3.67. The summed E-state index contributed by atoms with van der Waals surface area (Å²) >= 11 is 0. The minimum absolute atomic E-state index is 0.151. The third kappa shape index (κ3) is 3.32. The predicted molar refractivity (Wildman–Crippen MR) is 48.2 cm³/mol. The number of nitrogens with one attached hydrogen (secondary N) is 1. The van der Waals surface area contributed by atoms with Gasteiger partial charge in [-0.25, -0.2) is 0 Å². The van der Waals surface area contributed by atoms with Crippen LogP contribution in [0.5, 0.6) is 0 Å². The molecule has 1 aliphatic rings. The van der Waals surface area contributed by atoms with E-state index in [0.717, 1.165) is 26.0 Å². The molecule has 1 unspecified atom stereocenters. The summed E-state index contributed by atoms with van der Waals surface area (Å²) in [6, 6.07) is 0. The van der Waals surface area contributed by atoms with E-state index in [4.69, 9.17) is 4.74 Å². The molecule has 1 aliphatic heterocycles. The van der Waals surface area contributed by atoms with Crippen molar-refractivity contribution in [2.75, 3.05) is 20.3 Å². The molecule has 0 aromatic carbocycles. The fourth-order valence-corrected chi connectivity index (χ4v) is 1.48. The first kappa shape index (κ1) is 10.5. The van der Waals surface area contributed by atoms with Gasteiger partial charge in [-0.15, -0.1) is 0 Å². The lowest BCUT2D eigenvalue weighted by molar-refractivity contribution is -0.141. The molecule has 76 valence electrons. The normalized spacial score (nSPS) is 27.5. The third-order valence-electron chi connectivity index (χ3n) is 2.28. The number of ether oxygens (including phenoxy) is 2. The molecular weight excluding hydrogens is 170 g/mol. The molecule has 0 radical (unpaired) electrons. The average molecular weight is 187 g/mol. The highest BCUT2D eigenvalue weighted by Gasteiger charge is 2.28. The van der Waals surface area contributed by atoms with Crippen LogP contribution in [0.15, 0.2) is 0 Å². The number of hydrogen-bond donors (Lipinski definition) is 1. The highest BCUT2D eigenvalue weighted by Crippen LogP contribution is 2.18. The van der Waals surface area contributed by atoms with Gasteiger partial charge in [0.15, 0.2) is 0 Å². The van der Waals surface area contributed by atoms with E-state index >= 15 is 0 Å². The number of hydrogen-bond acceptors (Lipinski definition) is 4. The summed E-state index contributed by atoms with van der Waals surface area (Å²) in [5.74, 6) is -0.151. The minimum atomic E-state index is -0.228. The Morgan fingerprint density at radius 3 is 3.00 bits per heavy atom. The maximum atomic E-state index is 10.8. The summed E-state index contributed by atoms with van der Waals surface area (Å²) in [6.07, 6.45) is 2.12. The van der Waals surface area contributed by atoms with Crippen molar-refractivity contribution in [1.82, 2.24) is 5.32 Å². The van der Waals surface area contributed by atoms with Gasteiger partial charge in [0.25, 0.3) is 0 Å². The summed E-state index contributed by atoms with van der Waals surface area (Å²) in [7, 11) is 1.41. The quantitative estimate of drug-likeness (QED) is 0.657. The fraction of sp³-hybridized carbons (Fsp3) is 0.889. The van der Waals surface area contributed by atoms with E-state index in [-0.39, 0.29) is 11.7 Å². The Morgan fingerprint density at radius 1 is 1.69 bits per heavy atom. The first-order valence-electron chi connectivity index (χ1n) is 4.62. The van der Waals surface area contributed by atoms with Crippen LogP contribution in [-0.4, -0.2) is 32.0 Å². The summed E-state index contributed by atoms with van der Waals surface area (Å²) in [5, 5.41) is 3.25. The molecule has 0 aromatic heterocycles. The zero-order valence-corrected chi connectivity index (χ0v) is 8.26. The lowest BCUT2D eigenvalue weighted by Gasteiger charge is -2.22. The molecular formula is C9H17NO3. The van der Waals surface area contributed by atoms with Gasteiger partial charge in [-0.2, -0.15) is 0 Å². The molecule has 1 atom stereocenters. The van der Waals surface area contributed by atoms with Gasteiger partial charge in [0.2, 0.25) is 0 Å². The maximum Gasteiger partial charge on any atom is 0.305 e. The second-order valence-electron chi connectivity index (χ2n) is 3.44. The maximum absolute atomic E-state index is 10.8. The minimum Gasteiger partial charge on any atom is -0.469 e. The third-order valence-corrected chi connectivity index (χ3v) is 2.28. The van der Waals surface area contributed by atoms with Crippen molar-refractivity contribution < 1.29 is 14.3 Å². The lowest BCUT2D eigenvalue weighted by atomic mass is 10.1. The van der Waals surface area contributed by atoms with Gasteiger partial charge in [0, 0.05) is 13.0 Å². The van der Waals surface area contributed by atoms with Crippen LogP contribution in [0.25, 0.3) is 0 Å². The molecule has 0 saturated carbocycles. The molecule has 0 bridgehead atoms. The van der Waals surface area contributed by atoms with Gasteiger partial charge in [-0.05, 0) is 19.8 Å². The average Bonchev–Trinajstić information content (AvgIpc) is 2.52. The number of methoxy groups -OCH3 is 1. The molecule has 0 spiro atoms. The van der Waals surface area contributed by atoms with Gasteiger partial charge in [0.1, 0.15) is 5.72 Å². The van der Waals surface area contributed by atoms with Crippen LogP contribution >= 0.6 is 0 Å². The lowest BCUT2D eigenvalue weighted by Crippen LogP contribution is -2.37. The smallest absolute Gasteiger partial charge is 0.305 e. The SMILES string of the molecule is COC(=O)CCCC1(C)NCCO1. The van der Waals surface area contributed by atoms with Crippen molar-refractivity contribution in [3.63, 3.8) is 0 Å². The summed E-state index contributed by atoms with van der Waals surface area (Å²) in [4.78, 5) is 10.8. The Balaban J connectivity index is 2.14. The summed E-state index contributed by atoms with van der Waals surface area (Å²) < 4.78 is 10.0. The second-order valence-corrected chi connectivity index (χ2v) is 3.44. The van der Waals surface area contributed by atoms with Crippen molar-refractivity contribution in [3.8, 4) is 0 Å². The van der Waals surface area contributed by atoms with Crippen molar-refractivity contribution in [2.45, 2.75) is 31.9 Å². The van der Waals surface area contributed by atoms with Crippen molar-refractivity contribution in [1.29, 1.82) is 0 Å². The van der Waals surface area contributed by atoms with Crippen LogP contribution < -0.4 is 5.32 Å². The molecule has 4 nitrogen and oxygen atoms in total. The number of esters is 1. The van der Waals surface area contributed by atoms with E-state index in [1.165, 1.54) is 7.11 Å². The van der Waals surface area contributed by atoms with Gasteiger partial charge in [0.05, 0.1) is 13.7 Å². The number of carbonyl (C=O) groups is 1. The molecule has 0 amide bonds. The predicted octanol–water partition coefficient (Wildman–Crippen LogP) is 0.666. The molecule has 13 heavy (non-hydrogen) atoms. The van der Waals surface area contributed by atoms with Gasteiger partial charge in [-0.1, -0.05) is 0 Å². The standard InChI is InChI=1S/C9H17NO3/c1-9(10-6-7-13-9)5-3-4-8(11)12-2/h10H,3-7H2,1-2H3. The highest BCUT2D eigenvalue weighted by molar-refractivity contribution is 5.68. The number of carbonyl (C=O) groups excluding carboxylic acids is 1. The van der Waals surface area contributed by atoms with E-state index in [0.29, 0.717) is 6.42 Å². The van der Waals surface area contributed by atoms with E-state index < -0.39 is 0 Å². The Hall–Kier alpha value is -0.610. The first-order valence-corrected chi connectivity index (χ1v) is 4.62. The van der Waals surface area contributed by atoms with Crippen LogP contribution in [0.1, 0.15) is 26.2 Å². The van der Waals surface area contributed by atoms with E-state index in [1.807, 2.05) is 6.92 Å². The Bertz CT molecular complexity index is 176. The molecule has 1 rings (SSSR count). The Morgan fingerprint density at radius 2 is 2.46 bits per heavy atom. The van der Waals surface area contributed by atoms with Crippen LogP contribution in [-0.2, 0) is 14.3 Å². The summed E-state index contributed by atoms with van der Waals surface area (Å²) in [5.41, 5.74) is -0.228. The first-order chi connectivity index (χ1) is 6.16. The largest absolute Gasteiger partial charge is 0.469 e. The van der Waals surface area contributed by atoms with Crippen LogP contribution in [0.2, 0.25) is 0 Å². The zero-order valence-electron chi connectivity index (χ0n) is 8.26. The van der Waals surface area contributed by atoms with Crippen LogP contribution in [0.3, 0.4) is 0 Å². The Kier molecular flexibility index (Phi) is 3.69. The molecule has 1 N–H and O–H groups in total. The van der Waals surface area contributed by atoms with E-state index in [2.05, 4.69) is 10.1 Å². The molecule has 0 aliphatic carbocycles. The topological polar surface area (TPSA) is 47.6 Å². The molecule has 1 fully saturated rings. The molecule has 1 heterocycles. The van der Waals surface area contributed by atoms with Crippen molar-refractivity contribution in [2.24, 2.45) is 0 Å². The monoisotopic (exact) mass is 187 g/mol. The van der Waals surface area contributed by atoms with Crippen molar-refractivity contribution in [3.05, 3.63) is 0 Å². The second kappa shape index (κ2) is 4.58. The highest BCUT2D eigenvalue weighted by atomic mass is 16.5. The van der Waals surface area contributed by atoms with Gasteiger partial charge in [-0.3, -0.25) is 10.1 Å². The van der Waals surface area contributed by atoms with Crippen molar-refractivity contribution >= 4 is 5.97 Å². The Labute approximate surface area is 78.6 Å². The number of rotatable bonds is 4. The molecule has 4 heteroatoms. The van der Waals surface area contributed by atoms with Crippen LogP contribution in [0, 0.1) is 0 Å². The van der Waals surface area contributed by atoms with Crippen LogP contribution in [0.4, 0.5) is 0 Å². The van der Waals surface area contributed by atoms with E-state index in [9.17, 15) is 4.79 Å².